The van der Waals surface area contributed by atoms with E-state index in [1.54, 1.807) is 18.0 Å². The summed E-state index contributed by atoms with van der Waals surface area (Å²) in [5.74, 6) is 0.939. The predicted molar refractivity (Wildman–Crippen MR) is 187 cm³/mol. The van der Waals surface area contributed by atoms with Crippen LogP contribution in [0.5, 0.6) is 0 Å². The lowest BCUT2D eigenvalue weighted by Gasteiger charge is -2.32. The number of likely N-dealkylation sites (tertiary alicyclic amines) is 1. The molecule has 10 nitrogen and oxygen atoms in total. The number of aliphatic hydroxyl groups excluding tert-OH is 1. The molecule has 4 aromatic rings. The molecule has 2 aromatic carbocycles. The van der Waals surface area contributed by atoms with Gasteiger partial charge in [0.2, 0.25) is 0 Å². The van der Waals surface area contributed by atoms with Crippen molar-refractivity contribution in [3.8, 4) is 11.3 Å². The van der Waals surface area contributed by atoms with Gasteiger partial charge >= 0.3 is 0 Å². The normalized spacial score (nSPS) is 15.9. The quantitative estimate of drug-likeness (QED) is 0.247. The molecule has 4 heterocycles. The van der Waals surface area contributed by atoms with Crippen LogP contribution >= 0.6 is 0 Å². The SMILES string of the molecule is C=NCC(C)(C)c1ccc2c(c1)CCN(c1cccc(-c3cc(Nc4ccc(C5CCN(C)CC5)cn4)c(=O)n(C)n3)c1CO)C2=O. The molecule has 2 N–H and O–H groups in total. The Hall–Kier alpha value is -4.67. The fraction of sp³-hybridized carbons (Fsp3) is 0.378. The highest BCUT2D eigenvalue weighted by molar-refractivity contribution is 6.09. The number of benzene rings is 2. The van der Waals surface area contributed by atoms with Gasteiger partial charge in [-0.1, -0.05) is 44.2 Å². The molecule has 0 radical (unpaired) electrons. The van der Waals surface area contributed by atoms with Crippen molar-refractivity contribution in [3.63, 3.8) is 0 Å². The third kappa shape index (κ3) is 6.48. The second-order valence-corrected chi connectivity index (χ2v) is 13.4. The summed E-state index contributed by atoms with van der Waals surface area (Å²) in [6, 6.07) is 17.2. The van der Waals surface area contributed by atoms with Crippen molar-refractivity contribution in [2.75, 3.05) is 43.4 Å². The van der Waals surface area contributed by atoms with E-state index >= 15 is 0 Å². The van der Waals surface area contributed by atoms with E-state index < -0.39 is 0 Å². The first kappa shape index (κ1) is 32.3. The van der Waals surface area contributed by atoms with Gasteiger partial charge in [-0.25, -0.2) is 9.67 Å². The number of nitrogens with zero attached hydrogens (tertiary/aromatic N) is 6. The van der Waals surface area contributed by atoms with Gasteiger partial charge < -0.3 is 25.2 Å². The summed E-state index contributed by atoms with van der Waals surface area (Å²) in [7, 11) is 3.75. The van der Waals surface area contributed by atoms with E-state index in [0.29, 0.717) is 65.0 Å². The number of aliphatic imine (C=N–C) groups is 1. The van der Waals surface area contributed by atoms with Crippen LogP contribution in [0.3, 0.4) is 0 Å². The number of amides is 1. The second-order valence-electron chi connectivity index (χ2n) is 13.4. The lowest BCUT2D eigenvalue weighted by Crippen LogP contribution is -2.38. The van der Waals surface area contributed by atoms with Crippen LogP contribution in [0.25, 0.3) is 11.3 Å². The van der Waals surface area contributed by atoms with Crippen molar-refractivity contribution in [1.29, 1.82) is 0 Å². The maximum absolute atomic E-state index is 13.9. The maximum atomic E-state index is 13.9. The molecule has 47 heavy (non-hydrogen) atoms. The third-order valence-corrected chi connectivity index (χ3v) is 9.65. The summed E-state index contributed by atoms with van der Waals surface area (Å²) in [6.07, 6.45) is 4.78. The Morgan fingerprint density at radius 2 is 1.81 bits per heavy atom. The molecule has 0 bridgehead atoms. The Balaban J connectivity index is 1.28. The number of piperidine rings is 1. The van der Waals surface area contributed by atoms with Gasteiger partial charge in [-0.05, 0) is 93.0 Å². The first-order valence-electron chi connectivity index (χ1n) is 16.2. The molecule has 0 aliphatic carbocycles. The minimum atomic E-state index is -0.308. The summed E-state index contributed by atoms with van der Waals surface area (Å²) in [6.45, 7) is 10.8. The molecule has 2 aliphatic rings. The molecule has 1 saturated heterocycles. The summed E-state index contributed by atoms with van der Waals surface area (Å²) in [4.78, 5) is 39.8. The number of nitrogens with one attached hydrogen (secondary N) is 1. The van der Waals surface area contributed by atoms with Crippen LogP contribution in [0, 0.1) is 0 Å². The highest BCUT2D eigenvalue weighted by atomic mass is 16.3. The minimum Gasteiger partial charge on any atom is -0.392 e. The topological polar surface area (TPSA) is 116 Å². The zero-order valence-electron chi connectivity index (χ0n) is 27.7. The molecular weight excluding hydrogens is 590 g/mol. The smallest absolute Gasteiger partial charge is 0.290 e. The van der Waals surface area contributed by atoms with Gasteiger partial charge in [0, 0.05) is 48.4 Å². The van der Waals surface area contributed by atoms with Crippen LogP contribution in [0.15, 0.2) is 70.6 Å². The van der Waals surface area contributed by atoms with Crippen molar-refractivity contribution in [2.24, 2.45) is 12.0 Å². The first-order chi connectivity index (χ1) is 22.6. The zero-order valence-corrected chi connectivity index (χ0v) is 27.7. The van der Waals surface area contributed by atoms with Crippen LogP contribution < -0.4 is 15.8 Å². The number of rotatable bonds is 9. The standard InChI is InChI=1S/C37H43N7O3/c1-37(2,23-38-3)27-10-11-28-25(19-27)15-18-44(35(28)46)33-8-6-7-29(30(33)22-45)31-20-32(36(47)43(5)41-31)40-34-12-9-26(21-39-34)24-13-16-42(4)17-14-24/h6-12,19-21,24,45H,3,13-18,22-23H2,1-2,4-5H3,(H,39,40). The minimum absolute atomic E-state index is 0.116. The van der Waals surface area contributed by atoms with Gasteiger partial charge in [-0.3, -0.25) is 9.59 Å². The van der Waals surface area contributed by atoms with E-state index in [2.05, 4.69) is 65.0 Å². The van der Waals surface area contributed by atoms with Gasteiger partial charge in [0.1, 0.15) is 11.5 Å². The average molecular weight is 634 g/mol. The molecule has 1 amide bonds. The molecule has 2 aliphatic heterocycles. The van der Waals surface area contributed by atoms with Crippen LogP contribution in [0.1, 0.15) is 65.2 Å². The molecule has 1 fully saturated rings. The van der Waals surface area contributed by atoms with Crippen LogP contribution in [-0.2, 0) is 25.5 Å². The lowest BCUT2D eigenvalue weighted by molar-refractivity contribution is 0.0980. The fourth-order valence-electron chi connectivity index (χ4n) is 6.77. The highest BCUT2D eigenvalue weighted by Crippen LogP contribution is 2.35. The monoisotopic (exact) mass is 633 g/mol. The Labute approximate surface area is 275 Å². The van der Waals surface area contributed by atoms with Crippen LogP contribution in [0.4, 0.5) is 17.2 Å². The summed E-state index contributed by atoms with van der Waals surface area (Å²) >= 11 is 0. The van der Waals surface area contributed by atoms with Crippen molar-refractivity contribution in [3.05, 3.63) is 99.0 Å². The van der Waals surface area contributed by atoms with E-state index in [1.807, 2.05) is 42.6 Å². The second kappa shape index (κ2) is 13.2. The molecular formula is C37H43N7O3. The van der Waals surface area contributed by atoms with Crippen molar-refractivity contribution in [2.45, 2.75) is 51.0 Å². The average Bonchev–Trinajstić information content (AvgIpc) is 3.07. The van der Waals surface area contributed by atoms with Gasteiger partial charge in [-0.2, -0.15) is 5.10 Å². The van der Waals surface area contributed by atoms with Gasteiger partial charge in [0.25, 0.3) is 11.5 Å². The predicted octanol–water partition coefficient (Wildman–Crippen LogP) is 5.07. The van der Waals surface area contributed by atoms with Crippen molar-refractivity contribution >= 4 is 29.8 Å². The Kier molecular flexibility index (Phi) is 9.07. The Morgan fingerprint density at radius 3 is 2.51 bits per heavy atom. The summed E-state index contributed by atoms with van der Waals surface area (Å²) in [5.41, 5.74) is 6.15. The number of aromatic nitrogens is 3. The number of pyridine rings is 1. The van der Waals surface area contributed by atoms with E-state index in [4.69, 9.17) is 0 Å². The van der Waals surface area contributed by atoms with Gasteiger partial charge in [0.05, 0.1) is 18.0 Å². The molecule has 0 unspecified atom stereocenters. The molecule has 0 saturated carbocycles. The summed E-state index contributed by atoms with van der Waals surface area (Å²) < 4.78 is 1.28. The number of anilines is 3. The highest BCUT2D eigenvalue weighted by Gasteiger charge is 2.30. The third-order valence-electron chi connectivity index (χ3n) is 9.65. The molecule has 6 rings (SSSR count). The van der Waals surface area contributed by atoms with Crippen molar-refractivity contribution in [1.82, 2.24) is 19.7 Å². The van der Waals surface area contributed by atoms with E-state index in [0.717, 1.165) is 37.1 Å². The molecule has 244 valence electrons. The number of aliphatic hydroxyl groups is 1. The Bertz CT molecular complexity index is 1860. The van der Waals surface area contributed by atoms with Crippen molar-refractivity contribution < 1.29 is 9.90 Å². The molecule has 0 atom stereocenters. The first-order valence-corrected chi connectivity index (χ1v) is 16.2. The number of carbonyl (C=O) groups is 1. The number of carbonyl (C=O) groups excluding carboxylic acids is 1. The molecule has 0 spiro atoms. The van der Waals surface area contributed by atoms with Crippen LogP contribution in [-0.4, -0.2) is 70.6 Å². The number of hydrogen-bond acceptors (Lipinski definition) is 8. The fourth-order valence-corrected chi connectivity index (χ4v) is 6.77. The Morgan fingerprint density at radius 1 is 1.02 bits per heavy atom. The number of fused-ring (bicyclic) bond motifs is 1. The molecule has 10 heteroatoms. The van der Waals surface area contributed by atoms with E-state index in [1.165, 1.54) is 10.2 Å². The summed E-state index contributed by atoms with van der Waals surface area (Å²) in [5, 5.41) is 18.4. The largest absolute Gasteiger partial charge is 0.392 e. The van der Waals surface area contributed by atoms with E-state index in [9.17, 15) is 14.7 Å². The number of hydrogen-bond donors (Lipinski definition) is 2. The zero-order chi connectivity index (χ0) is 33.3. The maximum Gasteiger partial charge on any atom is 0.290 e. The van der Waals surface area contributed by atoms with Crippen LogP contribution in [0.2, 0.25) is 0 Å². The van der Waals surface area contributed by atoms with Gasteiger partial charge in [-0.15, -0.1) is 0 Å². The number of aryl methyl sites for hydroxylation is 1. The van der Waals surface area contributed by atoms with E-state index in [-0.39, 0.29) is 23.5 Å². The van der Waals surface area contributed by atoms with Gasteiger partial charge in [0.15, 0.2) is 0 Å². The lowest BCUT2D eigenvalue weighted by atomic mass is 9.82. The molecule has 2 aromatic heterocycles.